The normalized spacial score (nSPS) is 13.0. The number of carbonyl (C=O) groups is 1. The molecule has 0 bridgehead atoms. The Kier molecular flexibility index (Phi) is 6.03. The fraction of sp³-hybridized carbons (Fsp3) is 0.217. The van der Waals surface area contributed by atoms with Crippen LogP contribution in [0.25, 0.3) is 0 Å². The number of anilines is 2. The van der Waals surface area contributed by atoms with Gasteiger partial charge in [-0.25, -0.2) is 9.37 Å². The van der Waals surface area contributed by atoms with Crippen LogP contribution in [0.15, 0.2) is 54.9 Å². The summed E-state index contributed by atoms with van der Waals surface area (Å²) in [5, 5.41) is 11.6. The minimum Gasteiger partial charge on any atom is -0.486 e. The van der Waals surface area contributed by atoms with Gasteiger partial charge in [-0.15, -0.1) is 0 Å². The number of aromatic nitrogens is 2. The summed E-state index contributed by atoms with van der Waals surface area (Å²) in [5.41, 5.74) is 1.72. The maximum absolute atomic E-state index is 14.5. The maximum atomic E-state index is 14.5. The lowest BCUT2D eigenvalue weighted by Gasteiger charge is -2.16. The molecule has 1 aliphatic rings. The molecule has 0 atom stereocenters. The van der Waals surface area contributed by atoms with E-state index in [4.69, 9.17) is 10.00 Å². The first kappa shape index (κ1) is 20.3. The molecule has 2 aromatic carbocycles. The van der Waals surface area contributed by atoms with Crippen molar-refractivity contribution < 1.29 is 13.9 Å². The van der Waals surface area contributed by atoms with Crippen LogP contribution >= 0.6 is 0 Å². The lowest BCUT2D eigenvalue weighted by atomic mass is 10.1. The van der Waals surface area contributed by atoms with Crippen LogP contribution in [0.3, 0.4) is 0 Å². The molecular formula is C23H20FN5O2. The van der Waals surface area contributed by atoms with Gasteiger partial charge in [-0.05, 0) is 42.7 Å². The first-order chi connectivity index (χ1) is 15.1. The number of nitrogens with one attached hydrogen (secondary N) is 1. The molecule has 4 rings (SSSR count). The molecule has 1 aromatic heterocycles. The van der Waals surface area contributed by atoms with Crippen LogP contribution in [-0.4, -0.2) is 29.0 Å². The van der Waals surface area contributed by atoms with Gasteiger partial charge >= 0.3 is 0 Å². The van der Waals surface area contributed by atoms with Crippen molar-refractivity contribution in [2.24, 2.45) is 0 Å². The molecule has 1 N–H and O–H groups in total. The molecule has 8 heteroatoms. The zero-order chi connectivity index (χ0) is 21.6. The Labute approximate surface area is 179 Å². The van der Waals surface area contributed by atoms with Crippen molar-refractivity contribution in [2.45, 2.75) is 19.4 Å². The summed E-state index contributed by atoms with van der Waals surface area (Å²) >= 11 is 0. The van der Waals surface area contributed by atoms with E-state index in [0.717, 1.165) is 31.5 Å². The van der Waals surface area contributed by atoms with E-state index < -0.39 is 11.7 Å². The first-order valence-electron chi connectivity index (χ1n) is 9.92. The van der Waals surface area contributed by atoms with Gasteiger partial charge in [-0.3, -0.25) is 9.78 Å². The summed E-state index contributed by atoms with van der Waals surface area (Å²) in [5.74, 6) is -0.349. The van der Waals surface area contributed by atoms with E-state index in [1.807, 2.05) is 0 Å². The third-order valence-corrected chi connectivity index (χ3v) is 4.92. The van der Waals surface area contributed by atoms with Crippen LogP contribution in [-0.2, 0) is 6.61 Å². The number of hydrogen-bond donors (Lipinski definition) is 1. The summed E-state index contributed by atoms with van der Waals surface area (Å²) in [6, 6.07) is 13.2. The smallest absolute Gasteiger partial charge is 0.275 e. The van der Waals surface area contributed by atoms with Crippen molar-refractivity contribution in [3.63, 3.8) is 0 Å². The third kappa shape index (κ3) is 4.95. The largest absolute Gasteiger partial charge is 0.486 e. The predicted octanol–water partition coefficient (Wildman–Crippen LogP) is 3.92. The van der Waals surface area contributed by atoms with Gasteiger partial charge in [0.25, 0.3) is 5.91 Å². The second-order valence-corrected chi connectivity index (χ2v) is 7.16. The lowest BCUT2D eigenvalue weighted by Crippen LogP contribution is -2.21. The van der Waals surface area contributed by atoms with Crippen molar-refractivity contribution in [1.82, 2.24) is 9.97 Å². The molecule has 1 amide bonds. The van der Waals surface area contributed by atoms with Crippen molar-refractivity contribution in [1.29, 1.82) is 5.26 Å². The average Bonchev–Trinajstić information content (AvgIpc) is 3.34. The molecule has 0 saturated carbocycles. The number of carbonyl (C=O) groups excluding carboxylic acids is 1. The number of rotatable bonds is 6. The van der Waals surface area contributed by atoms with E-state index in [9.17, 15) is 9.18 Å². The molecule has 2 heterocycles. The number of benzene rings is 2. The Balaban J connectivity index is 1.40. The summed E-state index contributed by atoms with van der Waals surface area (Å²) in [6.45, 7) is 1.91. The molecule has 0 spiro atoms. The second-order valence-electron chi connectivity index (χ2n) is 7.16. The summed E-state index contributed by atoms with van der Waals surface area (Å²) < 4.78 is 20.0. The third-order valence-electron chi connectivity index (χ3n) is 4.92. The Morgan fingerprint density at radius 3 is 2.81 bits per heavy atom. The number of nitriles is 1. The SMILES string of the molecule is N#Cc1cccc(COc2ccc(NC(=O)c3cncc(N4CCCC4)n3)cc2F)c1. The molecule has 1 saturated heterocycles. The van der Waals surface area contributed by atoms with E-state index in [2.05, 4.69) is 26.3 Å². The Morgan fingerprint density at radius 1 is 1.19 bits per heavy atom. The van der Waals surface area contributed by atoms with Gasteiger partial charge in [-0.2, -0.15) is 5.26 Å². The molecule has 7 nitrogen and oxygen atoms in total. The fourth-order valence-corrected chi connectivity index (χ4v) is 3.35. The first-order valence-corrected chi connectivity index (χ1v) is 9.92. The van der Waals surface area contributed by atoms with Gasteiger partial charge < -0.3 is 15.0 Å². The topological polar surface area (TPSA) is 91.1 Å². The van der Waals surface area contributed by atoms with E-state index >= 15 is 0 Å². The number of halogens is 1. The maximum Gasteiger partial charge on any atom is 0.275 e. The molecule has 31 heavy (non-hydrogen) atoms. The number of nitrogens with zero attached hydrogens (tertiary/aromatic N) is 4. The van der Waals surface area contributed by atoms with Crippen molar-refractivity contribution in [3.8, 4) is 11.8 Å². The van der Waals surface area contributed by atoms with Gasteiger partial charge in [0.05, 0.1) is 24.0 Å². The summed E-state index contributed by atoms with van der Waals surface area (Å²) in [7, 11) is 0. The highest BCUT2D eigenvalue weighted by Crippen LogP contribution is 2.23. The average molecular weight is 417 g/mol. The van der Waals surface area contributed by atoms with Gasteiger partial charge in [0, 0.05) is 24.8 Å². The number of hydrogen-bond acceptors (Lipinski definition) is 6. The fourth-order valence-electron chi connectivity index (χ4n) is 3.35. The number of amides is 1. The van der Waals surface area contributed by atoms with Crippen molar-refractivity contribution >= 4 is 17.4 Å². The van der Waals surface area contributed by atoms with E-state index in [1.165, 1.54) is 18.3 Å². The zero-order valence-electron chi connectivity index (χ0n) is 16.7. The van der Waals surface area contributed by atoms with E-state index in [-0.39, 0.29) is 23.7 Å². The van der Waals surface area contributed by atoms with Crippen molar-refractivity contribution in [3.05, 3.63) is 77.5 Å². The minimum atomic E-state index is -0.605. The summed E-state index contributed by atoms with van der Waals surface area (Å²) in [6.07, 6.45) is 5.21. The van der Waals surface area contributed by atoms with Gasteiger partial charge in [-0.1, -0.05) is 12.1 Å². The molecule has 0 unspecified atom stereocenters. The van der Waals surface area contributed by atoms with Gasteiger partial charge in [0.1, 0.15) is 18.1 Å². The van der Waals surface area contributed by atoms with Crippen LogP contribution in [0.4, 0.5) is 15.9 Å². The Morgan fingerprint density at radius 2 is 2.03 bits per heavy atom. The zero-order valence-corrected chi connectivity index (χ0v) is 16.7. The van der Waals surface area contributed by atoms with Crippen LogP contribution < -0.4 is 15.0 Å². The van der Waals surface area contributed by atoms with Gasteiger partial charge in [0.2, 0.25) is 0 Å². The highest BCUT2D eigenvalue weighted by atomic mass is 19.1. The molecule has 1 fully saturated rings. The number of ether oxygens (including phenoxy) is 1. The summed E-state index contributed by atoms with van der Waals surface area (Å²) in [4.78, 5) is 23.1. The molecular weight excluding hydrogens is 397 g/mol. The van der Waals surface area contributed by atoms with Crippen LogP contribution in [0, 0.1) is 17.1 Å². The molecule has 156 valence electrons. The standard InChI is InChI=1S/C23H20FN5O2/c24-19-11-18(6-7-21(19)31-15-17-5-3-4-16(10-17)12-25)27-23(30)20-13-26-14-22(28-20)29-8-1-2-9-29/h3-7,10-11,13-14H,1-2,8-9,15H2,(H,27,30). The molecule has 0 aliphatic carbocycles. The minimum absolute atomic E-state index is 0.0520. The van der Waals surface area contributed by atoms with Crippen LogP contribution in [0.5, 0.6) is 5.75 Å². The highest BCUT2D eigenvalue weighted by molar-refractivity contribution is 6.02. The van der Waals surface area contributed by atoms with E-state index in [0.29, 0.717) is 11.4 Å². The van der Waals surface area contributed by atoms with E-state index in [1.54, 1.807) is 36.5 Å². The Hall–Kier alpha value is -3.99. The highest BCUT2D eigenvalue weighted by Gasteiger charge is 2.17. The molecule has 0 radical (unpaired) electrons. The molecule has 1 aliphatic heterocycles. The lowest BCUT2D eigenvalue weighted by molar-refractivity contribution is 0.102. The quantitative estimate of drug-likeness (QED) is 0.654. The van der Waals surface area contributed by atoms with Crippen molar-refractivity contribution in [2.75, 3.05) is 23.3 Å². The predicted molar refractivity (Wildman–Crippen MR) is 113 cm³/mol. The monoisotopic (exact) mass is 417 g/mol. The van der Waals surface area contributed by atoms with Gasteiger partial charge in [0.15, 0.2) is 11.6 Å². The van der Waals surface area contributed by atoms with Crippen LogP contribution in [0.2, 0.25) is 0 Å². The molecule has 3 aromatic rings. The van der Waals surface area contributed by atoms with Crippen LogP contribution in [0.1, 0.15) is 34.5 Å². The second kappa shape index (κ2) is 9.22. The Bertz CT molecular complexity index is 1140.